The molecule has 2 fully saturated rings. The Kier molecular flexibility index (Phi) is 11.6. The zero-order chi connectivity index (χ0) is 35.3. The van der Waals surface area contributed by atoms with Gasteiger partial charge in [0.05, 0.1) is 54.6 Å². The van der Waals surface area contributed by atoms with E-state index in [2.05, 4.69) is 38.6 Å². The van der Waals surface area contributed by atoms with E-state index in [0.29, 0.717) is 59.2 Å². The van der Waals surface area contributed by atoms with E-state index in [-0.39, 0.29) is 11.3 Å². The van der Waals surface area contributed by atoms with E-state index in [1.165, 1.54) is 7.11 Å². The molecule has 3 aromatic carbocycles. The molecule has 1 unspecified atom stereocenters. The second kappa shape index (κ2) is 16.1. The smallest absolute Gasteiger partial charge is 0.257 e. The van der Waals surface area contributed by atoms with Gasteiger partial charge in [0.1, 0.15) is 0 Å². The number of aromatic nitrogens is 2. The normalized spacial score (nSPS) is 18.4. The Bertz CT molecular complexity index is 1800. The minimum atomic E-state index is -0.299. The number of hydrogen-bond donors (Lipinski definition) is 0. The number of likely N-dealkylation sites (tertiary alicyclic amines) is 1. The molecule has 2 aliphatic heterocycles. The Hall–Kier alpha value is -3.70. The summed E-state index contributed by atoms with van der Waals surface area (Å²) in [4.78, 5) is 26.1. The lowest BCUT2D eigenvalue weighted by molar-refractivity contribution is 0.0776. The van der Waals surface area contributed by atoms with Crippen LogP contribution >= 0.6 is 23.2 Å². The molecule has 50 heavy (non-hydrogen) atoms. The molecular formula is C38H47Cl2N5O5. The van der Waals surface area contributed by atoms with Crippen molar-refractivity contribution in [2.45, 2.75) is 38.1 Å². The SMILES string of the molecule is CCOCCn1c(N2CCCN(CCC3(c4ccc(Cl)c(Cl)c4)CCN(C(=O)c4ccc(OC)c(OC)c4OC)C3)CC2)nc2ccccc21. The van der Waals surface area contributed by atoms with Crippen molar-refractivity contribution in [3.8, 4) is 17.2 Å². The minimum Gasteiger partial charge on any atom is -0.493 e. The van der Waals surface area contributed by atoms with Gasteiger partial charge in [-0.2, -0.15) is 0 Å². The summed E-state index contributed by atoms with van der Waals surface area (Å²) in [6.07, 6.45) is 2.69. The number of rotatable bonds is 13. The van der Waals surface area contributed by atoms with E-state index in [4.69, 9.17) is 47.1 Å². The average Bonchev–Trinajstić information content (AvgIpc) is 3.66. The van der Waals surface area contributed by atoms with E-state index in [9.17, 15) is 4.79 Å². The lowest BCUT2D eigenvalue weighted by Gasteiger charge is -2.33. The van der Waals surface area contributed by atoms with Gasteiger partial charge in [0.15, 0.2) is 11.5 Å². The zero-order valence-corrected chi connectivity index (χ0v) is 30.9. The second-order valence-corrected chi connectivity index (χ2v) is 13.8. The van der Waals surface area contributed by atoms with Crippen molar-refractivity contribution in [2.24, 2.45) is 0 Å². The fourth-order valence-corrected chi connectivity index (χ4v) is 7.79. The number of methoxy groups -OCH3 is 3. The molecule has 0 bridgehead atoms. The molecule has 1 aromatic heterocycles. The monoisotopic (exact) mass is 723 g/mol. The molecule has 2 aliphatic rings. The summed E-state index contributed by atoms with van der Waals surface area (Å²) in [5.74, 6) is 2.17. The van der Waals surface area contributed by atoms with Crippen molar-refractivity contribution in [1.82, 2.24) is 19.4 Å². The third-order valence-electron chi connectivity index (χ3n) is 10.2. The van der Waals surface area contributed by atoms with E-state index in [1.54, 1.807) is 26.4 Å². The Morgan fingerprint density at radius 1 is 0.880 bits per heavy atom. The summed E-state index contributed by atoms with van der Waals surface area (Å²) >= 11 is 13.0. The molecule has 4 aromatic rings. The van der Waals surface area contributed by atoms with E-state index in [0.717, 1.165) is 81.1 Å². The number of anilines is 1. The topological polar surface area (TPSA) is 81.5 Å². The van der Waals surface area contributed by atoms with Crippen molar-refractivity contribution in [2.75, 3.05) is 85.3 Å². The molecule has 268 valence electrons. The Balaban J connectivity index is 1.20. The maximum Gasteiger partial charge on any atom is 0.257 e. The van der Waals surface area contributed by atoms with E-state index >= 15 is 0 Å². The molecule has 0 saturated carbocycles. The van der Waals surface area contributed by atoms with Crippen molar-refractivity contribution >= 4 is 46.1 Å². The molecule has 12 heteroatoms. The highest BCUT2D eigenvalue weighted by Crippen LogP contribution is 2.44. The van der Waals surface area contributed by atoms with Crippen molar-refractivity contribution in [1.29, 1.82) is 0 Å². The first-order valence-electron chi connectivity index (χ1n) is 17.4. The van der Waals surface area contributed by atoms with Gasteiger partial charge in [0.2, 0.25) is 11.7 Å². The standard InChI is InChI=1S/C38H47Cl2N5O5/c1-5-50-24-23-45-32-10-7-6-9-31(32)41-37(45)43-18-8-17-42(21-22-43)19-15-38(27-11-13-29(39)30(40)25-27)16-20-44(26-38)36(46)28-12-14-33(47-2)35(49-4)34(28)48-3/h6-7,9-14,25H,5,8,15-24,26H2,1-4H3. The number of hydrogen-bond acceptors (Lipinski definition) is 8. The number of halogens is 2. The van der Waals surface area contributed by atoms with Crippen LogP contribution in [0.25, 0.3) is 11.0 Å². The van der Waals surface area contributed by atoms with Crippen LogP contribution in [0.4, 0.5) is 5.95 Å². The number of para-hydroxylation sites is 2. The number of benzene rings is 3. The summed E-state index contributed by atoms with van der Waals surface area (Å²) < 4.78 is 24.7. The molecule has 10 nitrogen and oxygen atoms in total. The number of amides is 1. The molecule has 0 aliphatic carbocycles. The van der Waals surface area contributed by atoms with Crippen molar-refractivity contribution in [3.05, 3.63) is 75.8 Å². The number of imidazole rings is 1. The summed E-state index contributed by atoms with van der Waals surface area (Å²) in [7, 11) is 4.64. The number of fused-ring (bicyclic) bond motifs is 1. The highest BCUT2D eigenvalue weighted by Gasteiger charge is 2.42. The lowest BCUT2D eigenvalue weighted by Crippen LogP contribution is -2.39. The van der Waals surface area contributed by atoms with Crippen LogP contribution in [-0.4, -0.2) is 106 Å². The van der Waals surface area contributed by atoms with Crippen LogP contribution in [0.5, 0.6) is 17.2 Å². The van der Waals surface area contributed by atoms with Crippen LogP contribution in [0.15, 0.2) is 54.6 Å². The molecular weight excluding hydrogens is 677 g/mol. The predicted octanol–water partition coefficient (Wildman–Crippen LogP) is 6.79. The van der Waals surface area contributed by atoms with Gasteiger partial charge in [-0.05, 0) is 81.2 Å². The maximum atomic E-state index is 14.1. The number of nitrogens with zero attached hydrogens (tertiary/aromatic N) is 5. The van der Waals surface area contributed by atoms with Gasteiger partial charge in [-0.1, -0.05) is 41.4 Å². The summed E-state index contributed by atoms with van der Waals surface area (Å²) in [6, 6.07) is 17.7. The van der Waals surface area contributed by atoms with Gasteiger partial charge in [-0.3, -0.25) is 4.79 Å². The van der Waals surface area contributed by atoms with Gasteiger partial charge in [0.25, 0.3) is 5.91 Å². The fraction of sp³-hybridized carbons (Fsp3) is 0.474. The number of carbonyl (C=O) groups excluding carboxylic acids is 1. The number of carbonyl (C=O) groups is 1. The quantitative estimate of drug-likeness (QED) is 0.140. The van der Waals surface area contributed by atoms with Crippen LogP contribution in [0, 0.1) is 0 Å². The predicted molar refractivity (Wildman–Crippen MR) is 199 cm³/mol. The highest BCUT2D eigenvalue weighted by molar-refractivity contribution is 6.42. The highest BCUT2D eigenvalue weighted by atomic mass is 35.5. The van der Waals surface area contributed by atoms with Crippen LogP contribution < -0.4 is 19.1 Å². The average molecular weight is 725 g/mol. The first-order chi connectivity index (χ1) is 24.3. The third-order valence-corrected chi connectivity index (χ3v) is 10.9. The zero-order valence-electron chi connectivity index (χ0n) is 29.4. The molecule has 0 N–H and O–H groups in total. The molecule has 6 rings (SSSR count). The fourth-order valence-electron chi connectivity index (χ4n) is 7.49. The van der Waals surface area contributed by atoms with Gasteiger partial charge in [-0.25, -0.2) is 4.98 Å². The maximum absolute atomic E-state index is 14.1. The first kappa shape index (κ1) is 36.1. The van der Waals surface area contributed by atoms with Gasteiger partial charge in [0, 0.05) is 51.3 Å². The van der Waals surface area contributed by atoms with Gasteiger partial charge in [-0.15, -0.1) is 0 Å². The summed E-state index contributed by atoms with van der Waals surface area (Å²) in [5, 5.41) is 1.04. The second-order valence-electron chi connectivity index (χ2n) is 12.9. The molecule has 1 atom stereocenters. The summed E-state index contributed by atoms with van der Waals surface area (Å²) in [5.41, 5.74) is 3.39. The lowest BCUT2D eigenvalue weighted by atomic mass is 9.76. The van der Waals surface area contributed by atoms with Crippen LogP contribution in [-0.2, 0) is 16.7 Å². The minimum absolute atomic E-state index is 0.109. The van der Waals surface area contributed by atoms with Crippen molar-refractivity contribution < 1.29 is 23.7 Å². The summed E-state index contributed by atoms with van der Waals surface area (Å²) in [6.45, 7) is 9.88. The van der Waals surface area contributed by atoms with Crippen LogP contribution in [0.3, 0.4) is 0 Å². The molecule has 2 saturated heterocycles. The Morgan fingerprint density at radius 3 is 2.46 bits per heavy atom. The molecule has 0 radical (unpaired) electrons. The Morgan fingerprint density at radius 2 is 1.70 bits per heavy atom. The molecule has 1 amide bonds. The Labute approximate surface area is 304 Å². The first-order valence-corrected chi connectivity index (χ1v) is 18.1. The third kappa shape index (κ3) is 7.35. The van der Waals surface area contributed by atoms with E-state index < -0.39 is 0 Å². The molecule has 0 spiro atoms. The van der Waals surface area contributed by atoms with Crippen molar-refractivity contribution in [3.63, 3.8) is 0 Å². The largest absolute Gasteiger partial charge is 0.493 e. The van der Waals surface area contributed by atoms with Crippen LogP contribution in [0.2, 0.25) is 10.0 Å². The van der Waals surface area contributed by atoms with Gasteiger partial charge >= 0.3 is 0 Å². The molecule has 3 heterocycles. The van der Waals surface area contributed by atoms with E-state index in [1.807, 2.05) is 30.0 Å². The van der Waals surface area contributed by atoms with Crippen LogP contribution in [0.1, 0.15) is 42.1 Å². The number of ether oxygens (including phenoxy) is 4. The van der Waals surface area contributed by atoms with Gasteiger partial charge < -0.3 is 38.2 Å².